The number of allylic oxidation sites excluding steroid dienone is 2. The van der Waals surface area contributed by atoms with E-state index in [9.17, 15) is 4.79 Å². The second-order valence-electron chi connectivity index (χ2n) is 6.49. The monoisotopic (exact) mass is 386 g/mol. The van der Waals surface area contributed by atoms with Crippen LogP contribution in [-0.4, -0.2) is 16.1 Å². The zero-order valence-electron chi connectivity index (χ0n) is 16.1. The number of carbonyl (C=O) groups excluding carboxylic acids is 1. The third-order valence-corrected chi connectivity index (χ3v) is 4.23. The predicted molar refractivity (Wildman–Crippen MR) is 113 cm³/mol. The fourth-order valence-electron chi connectivity index (χ4n) is 2.75. The van der Waals surface area contributed by atoms with E-state index in [0.717, 1.165) is 33.6 Å². The Labute approximate surface area is 170 Å². The second kappa shape index (κ2) is 10.0. The van der Waals surface area contributed by atoms with Gasteiger partial charge in [-0.25, -0.2) is 5.48 Å². The van der Waals surface area contributed by atoms with E-state index in [1.807, 2.05) is 49.4 Å². The first-order valence-corrected chi connectivity index (χ1v) is 9.17. The molecule has 146 valence electrons. The number of hydrogen-bond acceptors (Lipinski definition) is 4. The molecule has 0 atom stereocenters. The van der Waals surface area contributed by atoms with Crippen molar-refractivity contribution < 1.29 is 14.7 Å². The van der Waals surface area contributed by atoms with Gasteiger partial charge in [0.1, 0.15) is 12.4 Å². The molecule has 0 aliphatic rings. The van der Waals surface area contributed by atoms with Crippen LogP contribution in [0.1, 0.15) is 18.1 Å². The van der Waals surface area contributed by atoms with Crippen LogP contribution in [0, 0.1) is 0 Å². The largest absolute Gasteiger partial charge is 0.489 e. The fraction of sp³-hybridized carbons (Fsp3) is 0.0833. The quantitative estimate of drug-likeness (QED) is 0.265. The molecule has 0 bridgehead atoms. The molecule has 0 aliphatic heterocycles. The molecule has 0 fully saturated rings. The van der Waals surface area contributed by atoms with Crippen molar-refractivity contribution in [2.75, 3.05) is 0 Å². The molecular formula is C24H22N2O3. The van der Waals surface area contributed by atoms with Gasteiger partial charge in [0, 0.05) is 18.5 Å². The van der Waals surface area contributed by atoms with Gasteiger partial charge in [-0.1, -0.05) is 54.1 Å². The van der Waals surface area contributed by atoms with Gasteiger partial charge in [0.05, 0.1) is 0 Å². The second-order valence-corrected chi connectivity index (χ2v) is 6.49. The Hall–Kier alpha value is -3.70. The maximum absolute atomic E-state index is 11.0. The van der Waals surface area contributed by atoms with Crippen molar-refractivity contribution in [3.05, 3.63) is 102 Å². The zero-order valence-corrected chi connectivity index (χ0v) is 16.1. The van der Waals surface area contributed by atoms with Gasteiger partial charge in [0.2, 0.25) is 0 Å². The van der Waals surface area contributed by atoms with E-state index in [0.29, 0.717) is 6.61 Å². The molecule has 0 spiro atoms. The lowest BCUT2D eigenvalue weighted by molar-refractivity contribution is -0.124. The molecule has 1 heterocycles. The van der Waals surface area contributed by atoms with Crippen molar-refractivity contribution in [1.29, 1.82) is 0 Å². The van der Waals surface area contributed by atoms with Crippen LogP contribution in [0.15, 0.2) is 90.8 Å². The van der Waals surface area contributed by atoms with Gasteiger partial charge in [-0.2, -0.15) is 0 Å². The van der Waals surface area contributed by atoms with Crippen LogP contribution in [0.5, 0.6) is 5.75 Å². The summed E-state index contributed by atoms with van der Waals surface area (Å²) in [6, 6.07) is 20.0. The number of nitrogens with zero attached hydrogens (tertiary/aromatic N) is 1. The molecule has 0 saturated carbocycles. The molecule has 1 amide bonds. The van der Waals surface area contributed by atoms with Crippen LogP contribution in [0.2, 0.25) is 0 Å². The van der Waals surface area contributed by atoms with Crippen LogP contribution >= 0.6 is 0 Å². The van der Waals surface area contributed by atoms with Gasteiger partial charge in [-0.3, -0.25) is 15.0 Å². The first kappa shape index (κ1) is 20.0. The SMILES string of the molecule is CC(/C=C/C(=O)NO)=C\c1cccc(OCc2ccc(-c3ccncc3)cc2)c1. The Morgan fingerprint density at radius 2 is 1.76 bits per heavy atom. The number of rotatable bonds is 7. The van der Waals surface area contributed by atoms with E-state index < -0.39 is 5.91 Å². The van der Waals surface area contributed by atoms with Crippen LogP contribution in [0.3, 0.4) is 0 Å². The van der Waals surface area contributed by atoms with Crippen molar-refractivity contribution in [1.82, 2.24) is 10.5 Å². The molecule has 0 aliphatic carbocycles. The molecule has 29 heavy (non-hydrogen) atoms. The summed E-state index contributed by atoms with van der Waals surface area (Å²) >= 11 is 0. The molecule has 0 radical (unpaired) electrons. The Bertz CT molecular complexity index is 1010. The number of hydrogen-bond donors (Lipinski definition) is 2. The number of nitrogens with one attached hydrogen (secondary N) is 1. The molecule has 3 aromatic rings. The summed E-state index contributed by atoms with van der Waals surface area (Å²) in [7, 11) is 0. The average Bonchev–Trinajstić information content (AvgIpc) is 2.77. The molecular weight excluding hydrogens is 364 g/mol. The minimum atomic E-state index is -0.565. The molecule has 2 aromatic carbocycles. The van der Waals surface area contributed by atoms with Gasteiger partial charge in [0.15, 0.2) is 0 Å². The predicted octanol–water partition coefficient (Wildman–Crippen LogP) is 4.79. The summed E-state index contributed by atoms with van der Waals surface area (Å²) in [6.45, 7) is 2.35. The third-order valence-electron chi connectivity index (χ3n) is 4.23. The van der Waals surface area contributed by atoms with Crippen LogP contribution in [-0.2, 0) is 11.4 Å². The van der Waals surface area contributed by atoms with Crippen LogP contribution < -0.4 is 10.2 Å². The van der Waals surface area contributed by atoms with Crippen LogP contribution in [0.4, 0.5) is 0 Å². The first-order chi connectivity index (χ1) is 14.1. The highest BCUT2D eigenvalue weighted by molar-refractivity contribution is 5.87. The topological polar surface area (TPSA) is 71.5 Å². The van der Waals surface area contributed by atoms with E-state index in [1.54, 1.807) is 23.9 Å². The highest BCUT2D eigenvalue weighted by Crippen LogP contribution is 2.21. The molecule has 2 N–H and O–H groups in total. The van der Waals surface area contributed by atoms with Crippen molar-refractivity contribution in [3.63, 3.8) is 0 Å². The summed E-state index contributed by atoms with van der Waals surface area (Å²) in [6.07, 6.45) is 8.39. The fourth-order valence-corrected chi connectivity index (χ4v) is 2.75. The summed E-state index contributed by atoms with van der Waals surface area (Å²) in [5.41, 5.74) is 6.75. The van der Waals surface area contributed by atoms with Crippen molar-refractivity contribution in [3.8, 4) is 16.9 Å². The van der Waals surface area contributed by atoms with E-state index in [2.05, 4.69) is 29.2 Å². The minimum absolute atomic E-state index is 0.472. The Balaban J connectivity index is 1.62. The number of aromatic nitrogens is 1. The zero-order chi connectivity index (χ0) is 20.5. The van der Waals surface area contributed by atoms with Crippen molar-refractivity contribution >= 4 is 12.0 Å². The van der Waals surface area contributed by atoms with E-state index >= 15 is 0 Å². The van der Waals surface area contributed by atoms with Gasteiger partial charge in [-0.05, 0) is 53.4 Å². The molecule has 5 heteroatoms. The maximum atomic E-state index is 11.0. The number of benzene rings is 2. The molecule has 0 unspecified atom stereocenters. The number of hydroxylamine groups is 1. The number of carbonyl (C=O) groups is 1. The lowest BCUT2D eigenvalue weighted by Crippen LogP contribution is -2.14. The molecule has 1 aromatic heterocycles. The summed E-state index contributed by atoms with van der Waals surface area (Å²) < 4.78 is 5.92. The summed E-state index contributed by atoms with van der Waals surface area (Å²) in [4.78, 5) is 15.1. The standard InChI is InChI=1S/C24H22N2O3/c1-18(5-10-24(27)26-28)15-20-3-2-4-23(16-20)29-17-19-6-8-21(9-7-19)22-11-13-25-14-12-22/h2-16,28H,17H2,1H3,(H,26,27)/b10-5+,18-15+. The van der Waals surface area contributed by atoms with Crippen molar-refractivity contribution in [2.45, 2.75) is 13.5 Å². The van der Waals surface area contributed by atoms with Gasteiger partial charge >= 0.3 is 0 Å². The number of ether oxygens (including phenoxy) is 1. The Kier molecular flexibility index (Phi) is 6.92. The normalized spacial score (nSPS) is 11.4. The van der Waals surface area contributed by atoms with Crippen LogP contribution in [0.25, 0.3) is 17.2 Å². The highest BCUT2D eigenvalue weighted by atomic mass is 16.5. The molecule has 5 nitrogen and oxygen atoms in total. The van der Waals surface area contributed by atoms with E-state index in [1.165, 1.54) is 6.08 Å². The summed E-state index contributed by atoms with van der Waals surface area (Å²) in [5, 5.41) is 8.51. The molecule has 3 rings (SSSR count). The van der Waals surface area contributed by atoms with Gasteiger partial charge in [0.25, 0.3) is 5.91 Å². The number of amides is 1. The number of pyridine rings is 1. The lowest BCUT2D eigenvalue weighted by Gasteiger charge is -2.08. The third kappa shape index (κ3) is 6.16. The Morgan fingerprint density at radius 1 is 1.03 bits per heavy atom. The average molecular weight is 386 g/mol. The Morgan fingerprint density at radius 3 is 2.48 bits per heavy atom. The smallest absolute Gasteiger partial charge is 0.267 e. The maximum Gasteiger partial charge on any atom is 0.267 e. The van der Waals surface area contributed by atoms with Gasteiger partial charge < -0.3 is 4.74 Å². The van der Waals surface area contributed by atoms with E-state index in [4.69, 9.17) is 9.94 Å². The van der Waals surface area contributed by atoms with Gasteiger partial charge in [-0.15, -0.1) is 0 Å². The van der Waals surface area contributed by atoms with E-state index in [-0.39, 0.29) is 0 Å². The first-order valence-electron chi connectivity index (χ1n) is 9.17. The molecule has 0 saturated heterocycles. The lowest BCUT2D eigenvalue weighted by atomic mass is 10.1. The minimum Gasteiger partial charge on any atom is -0.489 e. The highest BCUT2D eigenvalue weighted by Gasteiger charge is 2.00. The van der Waals surface area contributed by atoms with Crippen molar-refractivity contribution in [2.24, 2.45) is 0 Å². The summed E-state index contributed by atoms with van der Waals surface area (Å²) in [5.74, 6) is 0.201.